The van der Waals surface area contributed by atoms with E-state index < -0.39 is 15.3 Å². The van der Waals surface area contributed by atoms with Gasteiger partial charge in [-0.15, -0.1) is 10.2 Å². The number of anilines is 1. The molecule has 0 aliphatic heterocycles. The Balaban J connectivity index is 1.60. The average Bonchev–Trinajstić information content (AvgIpc) is 3.36. The monoisotopic (exact) mass is 590 g/mol. The third-order valence-corrected chi connectivity index (χ3v) is 9.09. The minimum Gasteiger partial charge on any atom is -0.411 e. The van der Waals surface area contributed by atoms with E-state index in [0.717, 1.165) is 17.3 Å². The van der Waals surface area contributed by atoms with E-state index in [9.17, 15) is 13.2 Å². The molecule has 8 nitrogen and oxygen atoms in total. The Bertz CT molecular complexity index is 1510. The summed E-state index contributed by atoms with van der Waals surface area (Å²) in [5.41, 5.74) is 1.62. The molecule has 198 valence electrons. The number of hydrogen-bond donors (Lipinski definition) is 1. The molecule has 38 heavy (non-hydrogen) atoms. The van der Waals surface area contributed by atoms with Crippen LogP contribution in [0.25, 0.3) is 11.5 Å². The lowest BCUT2D eigenvalue weighted by Gasteiger charge is -2.18. The second-order valence-corrected chi connectivity index (χ2v) is 11.9. The van der Waals surface area contributed by atoms with Gasteiger partial charge in [0.2, 0.25) is 21.8 Å². The van der Waals surface area contributed by atoms with Crippen molar-refractivity contribution in [3.63, 3.8) is 0 Å². The standard InChI is InChI=1S/C26H24Cl2N4O4S2/c1-3-32(4-2)38(34,35)22-12-8-11-18(13-22)25-30-31-26(36-25)37-23(17-9-6-5-7-10-17)24(33)29-21-15-19(27)14-20(28)16-21/h5-16,23H,3-4H2,1-2H3,(H,29,33)/t23-/m1/s1. The second-order valence-electron chi connectivity index (χ2n) is 8.05. The number of thioether (sulfide) groups is 1. The molecule has 1 aromatic heterocycles. The van der Waals surface area contributed by atoms with Crippen LogP contribution >= 0.6 is 35.0 Å². The van der Waals surface area contributed by atoms with Gasteiger partial charge in [0.05, 0.1) is 4.90 Å². The van der Waals surface area contributed by atoms with E-state index in [-0.39, 0.29) is 21.9 Å². The molecule has 1 atom stereocenters. The summed E-state index contributed by atoms with van der Waals surface area (Å²) in [7, 11) is -3.66. The van der Waals surface area contributed by atoms with Crippen LogP contribution in [0, 0.1) is 0 Å². The molecule has 0 radical (unpaired) electrons. The van der Waals surface area contributed by atoms with Crippen molar-refractivity contribution in [1.29, 1.82) is 0 Å². The van der Waals surface area contributed by atoms with Crippen LogP contribution in [-0.2, 0) is 14.8 Å². The summed E-state index contributed by atoms with van der Waals surface area (Å²) in [4.78, 5) is 13.4. The summed E-state index contributed by atoms with van der Waals surface area (Å²) in [6.45, 7) is 4.28. The van der Waals surface area contributed by atoms with Gasteiger partial charge in [-0.3, -0.25) is 4.79 Å². The van der Waals surface area contributed by atoms with Gasteiger partial charge in [0.15, 0.2) is 0 Å². The highest BCUT2D eigenvalue weighted by Crippen LogP contribution is 2.37. The lowest BCUT2D eigenvalue weighted by atomic mass is 10.1. The molecule has 4 rings (SSSR count). The first-order valence-corrected chi connectivity index (χ1v) is 14.7. The number of halogens is 2. The zero-order valence-corrected chi connectivity index (χ0v) is 23.6. The third-order valence-electron chi connectivity index (χ3n) is 5.52. The molecule has 0 fully saturated rings. The number of aromatic nitrogens is 2. The van der Waals surface area contributed by atoms with Gasteiger partial charge in [0.1, 0.15) is 5.25 Å². The van der Waals surface area contributed by atoms with Crippen LogP contribution < -0.4 is 5.32 Å². The van der Waals surface area contributed by atoms with Gasteiger partial charge in [-0.25, -0.2) is 8.42 Å². The molecule has 0 aliphatic carbocycles. The maximum absolute atomic E-state index is 13.3. The summed E-state index contributed by atoms with van der Waals surface area (Å²) in [6, 6.07) is 20.3. The summed E-state index contributed by atoms with van der Waals surface area (Å²) in [5, 5.41) is 11.2. The number of nitrogens with one attached hydrogen (secondary N) is 1. The Kier molecular flexibility index (Phi) is 9.11. The molecular weight excluding hydrogens is 567 g/mol. The van der Waals surface area contributed by atoms with Crippen molar-refractivity contribution in [1.82, 2.24) is 14.5 Å². The number of rotatable bonds is 10. The minimum absolute atomic E-state index is 0.132. The quantitative estimate of drug-likeness (QED) is 0.209. The van der Waals surface area contributed by atoms with Crippen LogP contribution in [0.5, 0.6) is 0 Å². The van der Waals surface area contributed by atoms with Crippen molar-refractivity contribution in [2.24, 2.45) is 0 Å². The van der Waals surface area contributed by atoms with E-state index in [4.69, 9.17) is 27.6 Å². The first-order valence-electron chi connectivity index (χ1n) is 11.6. The van der Waals surface area contributed by atoms with E-state index in [0.29, 0.717) is 34.4 Å². The topological polar surface area (TPSA) is 105 Å². The number of carbonyl (C=O) groups excluding carboxylic acids is 1. The molecule has 0 unspecified atom stereocenters. The van der Waals surface area contributed by atoms with Crippen LogP contribution in [0.1, 0.15) is 24.7 Å². The van der Waals surface area contributed by atoms with Crippen LogP contribution in [0.15, 0.2) is 87.3 Å². The number of nitrogens with zero attached hydrogens (tertiary/aromatic N) is 3. The fourth-order valence-electron chi connectivity index (χ4n) is 3.71. The number of benzene rings is 3. The van der Waals surface area contributed by atoms with Gasteiger partial charge in [-0.05, 0) is 53.7 Å². The molecule has 0 saturated carbocycles. The summed E-state index contributed by atoms with van der Waals surface area (Å²) >= 11 is 13.2. The number of amides is 1. The zero-order chi connectivity index (χ0) is 27.3. The first-order chi connectivity index (χ1) is 18.2. The Morgan fingerprint density at radius 1 is 0.974 bits per heavy atom. The van der Waals surface area contributed by atoms with Crippen molar-refractivity contribution in [3.8, 4) is 11.5 Å². The number of hydrogen-bond acceptors (Lipinski definition) is 7. The van der Waals surface area contributed by atoms with Crippen molar-refractivity contribution in [2.75, 3.05) is 18.4 Å². The van der Waals surface area contributed by atoms with E-state index in [1.165, 1.54) is 16.4 Å². The van der Waals surface area contributed by atoms with Crippen LogP contribution in [0.2, 0.25) is 10.0 Å². The molecule has 3 aromatic carbocycles. The number of sulfonamides is 1. The SMILES string of the molecule is CCN(CC)S(=O)(=O)c1cccc(-c2nnc(S[C@@H](C(=O)Nc3cc(Cl)cc(Cl)c3)c3ccccc3)o2)c1. The zero-order valence-electron chi connectivity index (χ0n) is 20.5. The van der Waals surface area contributed by atoms with Gasteiger partial charge >= 0.3 is 0 Å². The third kappa shape index (κ3) is 6.57. The maximum Gasteiger partial charge on any atom is 0.277 e. The highest BCUT2D eigenvalue weighted by atomic mass is 35.5. The van der Waals surface area contributed by atoms with Crippen LogP contribution in [-0.4, -0.2) is 41.9 Å². The molecule has 1 N–H and O–H groups in total. The maximum atomic E-state index is 13.3. The molecule has 4 aromatic rings. The largest absolute Gasteiger partial charge is 0.411 e. The molecular formula is C26H24Cl2N4O4S2. The first kappa shape index (κ1) is 28.1. The Morgan fingerprint density at radius 2 is 1.66 bits per heavy atom. The van der Waals surface area contributed by atoms with E-state index in [1.54, 1.807) is 44.2 Å². The molecule has 0 bridgehead atoms. The fraction of sp³-hybridized carbons (Fsp3) is 0.192. The van der Waals surface area contributed by atoms with E-state index in [2.05, 4.69) is 15.5 Å². The molecule has 12 heteroatoms. The lowest BCUT2D eigenvalue weighted by Crippen LogP contribution is -2.30. The van der Waals surface area contributed by atoms with Crippen LogP contribution in [0.4, 0.5) is 5.69 Å². The van der Waals surface area contributed by atoms with E-state index in [1.807, 2.05) is 30.3 Å². The molecule has 0 spiro atoms. The van der Waals surface area contributed by atoms with Gasteiger partial charge in [-0.2, -0.15) is 4.31 Å². The molecule has 0 saturated heterocycles. The Morgan fingerprint density at radius 3 is 2.32 bits per heavy atom. The second kappa shape index (κ2) is 12.3. The highest BCUT2D eigenvalue weighted by molar-refractivity contribution is 8.00. The average molecular weight is 592 g/mol. The summed E-state index contributed by atoms with van der Waals surface area (Å²) < 4.78 is 33.1. The van der Waals surface area contributed by atoms with Crippen molar-refractivity contribution in [2.45, 2.75) is 29.2 Å². The van der Waals surface area contributed by atoms with Gasteiger partial charge in [-0.1, -0.05) is 73.4 Å². The van der Waals surface area contributed by atoms with E-state index >= 15 is 0 Å². The predicted octanol–water partition coefficient (Wildman–Crippen LogP) is 6.55. The molecule has 0 aliphatic rings. The minimum atomic E-state index is -3.66. The smallest absolute Gasteiger partial charge is 0.277 e. The van der Waals surface area contributed by atoms with Crippen molar-refractivity contribution < 1.29 is 17.6 Å². The Hall–Kier alpha value is -2.89. The van der Waals surface area contributed by atoms with Gasteiger partial charge < -0.3 is 9.73 Å². The summed E-state index contributed by atoms with van der Waals surface area (Å²) in [5.74, 6) is -0.204. The van der Waals surface area contributed by atoms with Crippen molar-refractivity contribution >= 4 is 56.6 Å². The predicted molar refractivity (Wildman–Crippen MR) is 150 cm³/mol. The highest BCUT2D eigenvalue weighted by Gasteiger charge is 2.26. The lowest BCUT2D eigenvalue weighted by molar-refractivity contribution is -0.115. The molecule has 1 amide bonds. The fourth-order valence-corrected chi connectivity index (χ4v) is 6.62. The Labute approximate surface area is 235 Å². The van der Waals surface area contributed by atoms with Gasteiger partial charge in [0.25, 0.3) is 5.22 Å². The summed E-state index contributed by atoms with van der Waals surface area (Å²) in [6.07, 6.45) is 0. The van der Waals surface area contributed by atoms with Crippen molar-refractivity contribution in [3.05, 3.63) is 88.4 Å². The molecule has 1 heterocycles. The number of carbonyl (C=O) groups is 1. The normalized spacial score (nSPS) is 12.4. The van der Waals surface area contributed by atoms with Gasteiger partial charge in [0, 0.05) is 34.4 Å². The van der Waals surface area contributed by atoms with Crippen LogP contribution in [0.3, 0.4) is 0 Å².